The molecular weight excluding hydrogens is 334 g/mol. The summed E-state index contributed by atoms with van der Waals surface area (Å²) in [7, 11) is 1.65. The van der Waals surface area contributed by atoms with E-state index in [1.807, 2.05) is 17.0 Å². The molecule has 1 saturated heterocycles. The summed E-state index contributed by atoms with van der Waals surface area (Å²) in [6, 6.07) is 3.81. The zero-order chi connectivity index (χ0) is 18.6. The third-order valence-electron chi connectivity index (χ3n) is 4.50. The van der Waals surface area contributed by atoms with Crippen molar-refractivity contribution in [3.63, 3.8) is 0 Å². The van der Waals surface area contributed by atoms with Gasteiger partial charge in [0, 0.05) is 24.3 Å². The summed E-state index contributed by atoms with van der Waals surface area (Å²) in [5.41, 5.74) is 2.95. The van der Waals surface area contributed by atoms with Crippen LogP contribution in [-0.4, -0.2) is 48.5 Å². The molecule has 1 fully saturated rings. The number of methoxy groups -OCH3 is 1. The summed E-state index contributed by atoms with van der Waals surface area (Å²) in [5, 5.41) is 10.6. The van der Waals surface area contributed by atoms with Gasteiger partial charge >= 0.3 is 0 Å². The number of thioether (sulfide) groups is 1. The van der Waals surface area contributed by atoms with E-state index >= 15 is 0 Å². The number of hydrogen-bond donors (Lipinski definition) is 1. The monoisotopic (exact) mass is 363 g/mol. The zero-order valence-electron chi connectivity index (χ0n) is 15.8. The van der Waals surface area contributed by atoms with E-state index in [0.717, 1.165) is 40.2 Å². The van der Waals surface area contributed by atoms with Crippen LogP contribution in [0.5, 0.6) is 5.75 Å². The molecule has 1 N–H and O–H groups in total. The quantitative estimate of drug-likeness (QED) is 0.768. The van der Waals surface area contributed by atoms with Gasteiger partial charge in [-0.3, -0.25) is 4.90 Å². The van der Waals surface area contributed by atoms with E-state index in [2.05, 4.69) is 33.8 Å². The van der Waals surface area contributed by atoms with Crippen molar-refractivity contribution in [2.75, 3.05) is 26.1 Å². The lowest BCUT2D eigenvalue weighted by Gasteiger charge is -2.33. The number of phenols is 1. The molecule has 1 aliphatic heterocycles. The van der Waals surface area contributed by atoms with Gasteiger partial charge in [0.05, 0.1) is 12.8 Å². The summed E-state index contributed by atoms with van der Waals surface area (Å²) in [5.74, 6) is 1.81. The van der Waals surface area contributed by atoms with Crippen LogP contribution in [-0.2, 0) is 9.53 Å². The number of nitrogens with zero attached hydrogens (tertiary/aromatic N) is 1. The molecule has 1 aliphatic rings. The van der Waals surface area contributed by atoms with Crippen molar-refractivity contribution in [1.29, 1.82) is 0 Å². The van der Waals surface area contributed by atoms with Crippen LogP contribution in [0.4, 0.5) is 0 Å². The molecule has 1 aromatic carbocycles. The van der Waals surface area contributed by atoms with Gasteiger partial charge in [0.2, 0.25) is 0 Å². The molecule has 25 heavy (non-hydrogen) atoms. The van der Waals surface area contributed by atoms with Crippen molar-refractivity contribution in [3.8, 4) is 5.75 Å². The van der Waals surface area contributed by atoms with Gasteiger partial charge in [0.15, 0.2) is 0 Å². The Balaban J connectivity index is 2.46. The molecular formula is C20H29NO3S. The number of benzene rings is 1. The number of ether oxygens (including phenoxy) is 1. The highest BCUT2D eigenvalue weighted by Gasteiger charge is 2.27. The first-order chi connectivity index (χ1) is 11.9. The second-order valence-corrected chi connectivity index (χ2v) is 8.23. The fraction of sp³-hybridized carbons (Fsp3) is 0.550. The van der Waals surface area contributed by atoms with Crippen LogP contribution >= 0.6 is 11.8 Å². The third kappa shape index (κ3) is 4.66. The fourth-order valence-corrected chi connectivity index (χ4v) is 4.26. The molecule has 138 valence electrons. The first-order valence-corrected chi connectivity index (χ1v) is 9.77. The molecule has 0 saturated carbocycles. The molecule has 5 heteroatoms. The van der Waals surface area contributed by atoms with Crippen LogP contribution in [0, 0.1) is 0 Å². The highest BCUT2D eigenvalue weighted by atomic mass is 32.2. The van der Waals surface area contributed by atoms with Crippen LogP contribution < -0.4 is 0 Å². The van der Waals surface area contributed by atoms with Gasteiger partial charge in [0.25, 0.3) is 0 Å². The fourth-order valence-electron chi connectivity index (χ4n) is 3.11. The Hall–Kier alpha value is -1.30. The highest BCUT2D eigenvalue weighted by molar-refractivity contribution is 8.03. The first-order valence-electron chi connectivity index (χ1n) is 8.78. The summed E-state index contributed by atoms with van der Waals surface area (Å²) in [6.45, 7) is 9.62. The largest absolute Gasteiger partial charge is 0.507 e. The van der Waals surface area contributed by atoms with Gasteiger partial charge in [-0.15, -0.1) is 11.8 Å². The molecule has 0 amide bonds. The minimum absolute atomic E-state index is 0.238. The van der Waals surface area contributed by atoms with E-state index in [0.29, 0.717) is 12.5 Å². The maximum atomic E-state index is 11.7. The third-order valence-corrected chi connectivity index (χ3v) is 5.58. The maximum absolute atomic E-state index is 11.7. The standard InChI is InChI=1S/C20H29NO3S/c1-13(2)16-8-15(9-17(14(3)4)20(16)23)10-19-18(11-22)21(12-24-5)6-7-25-19/h8-11,13-14,18,23H,6-7,12H2,1-5H3. The minimum Gasteiger partial charge on any atom is -0.507 e. The molecule has 1 unspecified atom stereocenters. The van der Waals surface area contributed by atoms with E-state index in [9.17, 15) is 9.90 Å². The topological polar surface area (TPSA) is 49.8 Å². The van der Waals surface area contributed by atoms with E-state index in [-0.39, 0.29) is 17.9 Å². The predicted octanol–water partition coefficient (Wildman–Crippen LogP) is 4.20. The second kappa shape index (κ2) is 8.88. The normalized spacial score (nSPS) is 20.6. The van der Waals surface area contributed by atoms with Gasteiger partial charge in [-0.05, 0) is 46.7 Å². The van der Waals surface area contributed by atoms with Crippen LogP contribution in [0.2, 0.25) is 0 Å². The van der Waals surface area contributed by atoms with E-state index in [1.165, 1.54) is 0 Å². The predicted molar refractivity (Wildman–Crippen MR) is 105 cm³/mol. The Morgan fingerprint density at radius 2 is 1.88 bits per heavy atom. The number of rotatable bonds is 6. The van der Waals surface area contributed by atoms with Crippen molar-refractivity contribution >= 4 is 24.1 Å². The number of carbonyl (C=O) groups excluding carboxylic acids is 1. The molecule has 1 heterocycles. The summed E-state index contributed by atoms with van der Waals surface area (Å²) < 4.78 is 5.23. The average Bonchev–Trinajstić information content (AvgIpc) is 2.56. The summed E-state index contributed by atoms with van der Waals surface area (Å²) >= 11 is 1.72. The van der Waals surface area contributed by atoms with Crippen LogP contribution in [0.1, 0.15) is 56.2 Å². The van der Waals surface area contributed by atoms with Crippen molar-refractivity contribution in [1.82, 2.24) is 4.90 Å². The van der Waals surface area contributed by atoms with Gasteiger partial charge in [-0.1, -0.05) is 27.7 Å². The van der Waals surface area contributed by atoms with Gasteiger partial charge in [-0.2, -0.15) is 0 Å². The number of carbonyl (C=O) groups is 1. The number of aldehydes is 1. The lowest BCUT2D eigenvalue weighted by atomic mass is 9.91. The van der Waals surface area contributed by atoms with E-state index < -0.39 is 0 Å². The molecule has 0 aliphatic carbocycles. The average molecular weight is 364 g/mol. The van der Waals surface area contributed by atoms with Gasteiger partial charge in [-0.25, -0.2) is 0 Å². The Kier molecular flexibility index (Phi) is 7.11. The van der Waals surface area contributed by atoms with Crippen LogP contribution in [0.3, 0.4) is 0 Å². The summed E-state index contributed by atoms with van der Waals surface area (Å²) in [6.07, 6.45) is 3.08. The van der Waals surface area contributed by atoms with E-state index in [4.69, 9.17) is 4.74 Å². The highest BCUT2D eigenvalue weighted by Crippen LogP contribution is 2.37. The van der Waals surface area contributed by atoms with Crippen LogP contribution in [0.15, 0.2) is 17.0 Å². The SMILES string of the molecule is COCN1CCSC(=Cc2cc(C(C)C)c(O)c(C(C)C)c2)C1C=O. The van der Waals surface area contributed by atoms with Crippen LogP contribution in [0.25, 0.3) is 6.08 Å². The van der Waals surface area contributed by atoms with E-state index in [1.54, 1.807) is 18.9 Å². The number of hydrogen-bond acceptors (Lipinski definition) is 5. The molecule has 4 nitrogen and oxygen atoms in total. The Morgan fingerprint density at radius 3 is 2.36 bits per heavy atom. The Labute approximate surface area is 155 Å². The molecule has 2 rings (SSSR count). The summed E-state index contributed by atoms with van der Waals surface area (Å²) in [4.78, 5) is 14.7. The lowest BCUT2D eigenvalue weighted by molar-refractivity contribution is -0.112. The zero-order valence-corrected chi connectivity index (χ0v) is 16.6. The molecule has 0 aromatic heterocycles. The number of aromatic hydroxyl groups is 1. The van der Waals surface area contributed by atoms with Gasteiger partial charge < -0.3 is 14.6 Å². The molecule has 1 atom stereocenters. The maximum Gasteiger partial charge on any atom is 0.142 e. The number of phenolic OH excluding ortho intramolecular Hbond substituents is 1. The lowest BCUT2D eigenvalue weighted by Crippen LogP contribution is -2.43. The molecule has 0 bridgehead atoms. The van der Waals surface area contributed by atoms with Crippen molar-refractivity contribution < 1.29 is 14.6 Å². The molecule has 1 aromatic rings. The smallest absolute Gasteiger partial charge is 0.142 e. The van der Waals surface area contributed by atoms with Crippen molar-refractivity contribution in [2.45, 2.75) is 45.6 Å². The van der Waals surface area contributed by atoms with Gasteiger partial charge in [0.1, 0.15) is 12.0 Å². The molecule has 0 spiro atoms. The van der Waals surface area contributed by atoms with Crippen molar-refractivity contribution in [2.24, 2.45) is 0 Å². The Morgan fingerprint density at radius 1 is 1.28 bits per heavy atom. The second-order valence-electron chi connectivity index (χ2n) is 7.06. The Bertz CT molecular complexity index is 609. The molecule has 0 radical (unpaired) electrons. The first kappa shape index (κ1) is 20.0. The minimum atomic E-state index is -0.266. The van der Waals surface area contributed by atoms with Crippen molar-refractivity contribution in [3.05, 3.63) is 33.7 Å².